The lowest BCUT2D eigenvalue weighted by atomic mass is 10.1. The molecule has 0 heterocycles. The van der Waals surface area contributed by atoms with Gasteiger partial charge >= 0.3 is 7.75 Å². The molecular weight excluding hydrogens is 561 g/mol. The third-order valence-corrected chi connectivity index (χ3v) is 9.80. The van der Waals surface area contributed by atoms with Crippen LogP contribution in [0, 0.1) is 12.3 Å². The minimum atomic E-state index is -3.32. The number of hydrogen-bond acceptors (Lipinski definition) is 3. The molecule has 0 rings (SSSR count). The fourth-order valence-corrected chi connectivity index (χ4v) is 6.62. The van der Waals surface area contributed by atoms with Crippen LogP contribution in [0.15, 0.2) is 24.3 Å². The van der Waals surface area contributed by atoms with Gasteiger partial charge in [0.05, 0.1) is 19.8 Å². The van der Waals surface area contributed by atoms with E-state index in [1.807, 2.05) is 0 Å². The Bertz CT molecular complexity index is 667. The van der Waals surface area contributed by atoms with Crippen LogP contribution in [0.5, 0.6) is 0 Å². The minimum absolute atomic E-state index is 0.193. The average Bonchev–Trinajstić information content (AvgIpc) is 3.03. The molecule has 0 aliphatic rings. The quantitative estimate of drug-likeness (QED) is 0.0322. The molecule has 0 aromatic heterocycles. The van der Waals surface area contributed by atoms with Crippen molar-refractivity contribution in [3.05, 3.63) is 24.3 Å². The molecule has 44 heavy (non-hydrogen) atoms. The molecule has 0 bridgehead atoms. The van der Waals surface area contributed by atoms with Crippen molar-refractivity contribution in [3.63, 3.8) is 0 Å². The fraction of sp³-hybridized carbons (Fsp3) is 0.846. The molecule has 0 radical (unpaired) electrons. The zero-order valence-electron chi connectivity index (χ0n) is 29.5. The molecule has 5 heteroatoms. The van der Waals surface area contributed by atoms with Crippen LogP contribution in [0.25, 0.3) is 0 Å². The van der Waals surface area contributed by atoms with Gasteiger partial charge in [0.1, 0.15) is 0 Å². The molecule has 1 N–H and O–H groups in total. The first kappa shape index (κ1) is 43.1. The molecule has 0 amide bonds. The lowest BCUT2D eigenvalue weighted by Gasteiger charge is -2.18. The van der Waals surface area contributed by atoms with Crippen LogP contribution in [0.3, 0.4) is 0 Å². The smallest absolute Gasteiger partial charge is 0.297 e. The highest BCUT2D eigenvalue weighted by molar-refractivity contribution is 7.51. The van der Waals surface area contributed by atoms with E-state index in [0.717, 1.165) is 25.7 Å². The summed E-state index contributed by atoms with van der Waals surface area (Å²) in [5.41, 5.74) is 0. The van der Waals surface area contributed by atoms with Gasteiger partial charge < -0.3 is 0 Å². The van der Waals surface area contributed by atoms with Crippen LogP contribution in [0.2, 0.25) is 0 Å². The zero-order chi connectivity index (χ0) is 32.1. The zero-order valence-corrected chi connectivity index (χ0v) is 30.4. The SMILES string of the molecule is C#CCNP(=O)(OCCCCCCCC/C=C\CCCCCCCC)OCCCCCCCC/C=C\CCCCCCCC. The third kappa shape index (κ3) is 34.0. The largest absolute Gasteiger partial charge is 0.406 e. The fourth-order valence-electron chi connectivity index (χ4n) is 5.34. The molecule has 0 fully saturated rings. The first-order valence-corrected chi connectivity index (χ1v) is 20.6. The van der Waals surface area contributed by atoms with Crippen molar-refractivity contribution in [1.29, 1.82) is 0 Å². The molecule has 0 aliphatic carbocycles. The Morgan fingerprint density at radius 1 is 0.500 bits per heavy atom. The summed E-state index contributed by atoms with van der Waals surface area (Å²) in [7, 11) is -3.32. The van der Waals surface area contributed by atoms with Crippen molar-refractivity contribution >= 4 is 7.75 Å². The van der Waals surface area contributed by atoms with E-state index in [2.05, 4.69) is 49.2 Å². The molecule has 0 aromatic rings. The molecule has 0 spiro atoms. The van der Waals surface area contributed by atoms with E-state index in [0.29, 0.717) is 13.2 Å². The predicted molar refractivity (Wildman–Crippen MR) is 195 cm³/mol. The van der Waals surface area contributed by atoms with Crippen molar-refractivity contribution in [2.75, 3.05) is 19.8 Å². The van der Waals surface area contributed by atoms with Gasteiger partial charge in [-0.25, -0.2) is 9.65 Å². The highest BCUT2D eigenvalue weighted by Crippen LogP contribution is 2.43. The second kappa shape index (κ2) is 36.6. The maximum atomic E-state index is 13.0. The maximum absolute atomic E-state index is 13.0. The van der Waals surface area contributed by atoms with Crippen molar-refractivity contribution in [2.24, 2.45) is 0 Å². The lowest BCUT2D eigenvalue weighted by Crippen LogP contribution is -2.16. The van der Waals surface area contributed by atoms with Crippen LogP contribution in [0.1, 0.15) is 194 Å². The third-order valence-electron chi connectivity index (χ3n) is 8.21. The van der Waals surface area contributed by atoms with E-state index in [-0.39, 0.29) is 6.54 Å². The van der Waals surface area contributed by atoms with E-state index < -0.39 is 7.75 Å². The van der Waals surface area contributed by atoms with Crippen molar-refractivity contribution in [3.8, 4) is 12.3 Å². The summed E-state index contributed by atoms with van der Waals surface area (Å²) in [5, 5.41) is 2.82. The topological polar surface area (TPSA) is 47.6 Å². The average molecular weight is 636 g/mol. The molecule has 0 aromatic carbocycles. The summed E-state index contributed by atoms with van der Waals surface area (Å²) in [5.74, 6) is 2.49. The van der Waals surface area contributed by atoms with E-state index in [1.54, 1.807) is 0 Å². The number of rotatable bonds is 36. The maximum Gasteiger partial charge on any atom is 0.406 e. The van der Waals surface area contributed by atoms with E-state index >= 15 is 0 Å². The van der Waals surface area contributed by atoms with Gasteiger partial charge in [-0.15, -0.1) is 6.42 Å². The molecule has 0 unspecified atom stereocenters. The van der Waals surface area contributed by atoms with Gasteiger partial charge in [-0.2, -0.15) is 0 Å². The Morgan fingerprint density at radius 3 is 1.11 bits per heavy atom. The summed E-state index contributed by atoms with van der Waals surface area (Å²) in [6.07, 6.45) is 50.3. The van der Waals surface area contributed by atoms with Crippen LogP contribution >= 0.6 is 7.75 Å². The molecule has 0 saturated heterocycles. The molecule has 258 valence electrons. The Labute approximate surface area is 276 Å². The normalized spacial score (nSPS) is 12.1. The molecule has 0 atom stereocenters. The Kier molecular flexibility index (Phi) is 35.9. The van der Waals surface area contributed by atoms with Gasteiger partial charge in [-0.3, -0.25) is 9.05 Å². The van der Waals surface area contributed by atoms with Crippen LogP contribution in [-0.4, -0.2) is 19.8 Å². The first-order valence-electron chi connectivity index (χ1n) is 19.1. The van der Waals surface area contributed by atoms with Gasteiger partial charge in [-0.1, -0.05) is 160 Å². The Balaban J connectivity index is 3.67. The summed E-state index contributed by atoms with van der Waals surface area (Å²) in [4.78, 5) is 0. The van der Waals surface area contributed by atoms with E-state index in [1.165, 1.54) is 154 Å². The van der Waals surface area contributed by atoms with Crippen LogP contribution in [-0.2, 0) is 13.6 Å². The van der Waals surface area contributed by atoms with E-state index in [4.69, 9.17) is 15.5 Å². The minimum Gasteiger partial charge on any atom is -0.297 e. The summed E-state index contributed by atoms with van der Waals surface area (Å²) < 4.78 is 24.4. The van der Waals surface area contributed by atoms with Crippen molar-refractivity contribution in [2.45, 2.75) is 194 Å². The molecule has 4 nitrogen and oxygen atoms in total. The van der Waals surface area contributed by atoms with Gasteiger partial charge in [0, 0.05) is 0 Å². The highest BCUT2D eigenvalue weighted by Gasteiger charge is 2.23. The summed E-state index contributed by atoms with van der Waals surface area (Å²) in [6, 6.07) is 0. The number of terminal acetylenes is 1. The van der Waals surface area contributed by atoms with Gasteiger partial charge in [0.2, 0.25) is 0 Å². The Morgan fingerprint density at radius 2 is 0.795 bits per heavy atom. The number of hydrogen-bond donors (Lipinski definition) is 1. The molecule has 0 aliphatic heterocycles. The molecular formula is C39H74NO3P. The standard InChI is InChI=1S/C39H74NO3P/c1-4-7-9-11-13-15-17-19-21-23-25-27-29-31-33-35-38-42-44(41,40-37-6-3)43-39-36-34-32-30-28-26-24-22-20-18-16-14-12-10-8-5-2/h3,19-22H,4-5,7-18,23-39H2,1-2H3,(H,40,41)/b21-19-,22-20-. The monoisotopic (exact) mass is 636 g/mol. The van der Waals surface area contributed by atoms with Gasteiger partial charge in [0.15, 0.2) is 0 Å². The second-order valence-corrected chi connectivity index (χ2v) is 14.4. The van der Waals surface area contributed by atoms with Gasteiger partial charge in [0.25, 0.3) is 0 Å². The summed E-state index contributed by atoms with van der Waals surface area (Å²) in [6.45, 7) is 5.63. The van der Waals surface area contributed by atoms with Crippen LogP contribution in [0.4, 0.5) is 0 Å². The number of allylic oxidation sites excluding steroid dienone is 4. The molecule has 0 saturated carbocycles. The second-order valence-electron chi connectivity index (χ2n) is 12.6. The lowest BCUT2D eigenvalue weighted by molar-refractivity contribution is 0.190. The first-order chi connectivity index (χ1) is 21.7. The van der Waals surface area contributed by atoms with Gasteiger partial charge in [-0.05, 0) is 64.2 Å². The van der Waals surface area contributed by atoms with Crippen LogP contribution < -0.4 is 5.09 Å². The Hall–Kier alpha value is -0.850. The summed E-state index contributed by atoms with van der Waals surface area (Å²) >= 11 is 0. The number of unbranched alkanes of at least 4 members (excludes halogenated alkanes) is 24. The van der Waals surface area contributed by atoms with Crippen molar-refractivity contribution < 1.29 is 13.6 Å². The van der Waals surface area contributed by atoms with E-state index in [9.17, 15) is 4.57 Å². The van der Waals surface area contributed by atoms with Crippen molar-refractivity contribution in [1.82, 2.24) is 5.09 Å². The number of nitrogens with one attached hydrogen (secondary N) is 1. The highest BCUT2D eigenvalue weighted by atomic mass is 31.2. The predicted octanol–water partition coefficient (Wildman–Crippen LogP) is 13.4.